The first kappa shape index (κ1) is 17.2. The number of hydrogen-bond donors (Lipinski definition) is 0. The standard InChI is InChI=1S/C14H26O5Si/c1-3-5-8-14(9-6-4-2)10-7-11-20(19-14,17-12-15)18-13-16/h12-13H,3-11H2,1-2H3. The molecule has 0 saturated carbocycles. The number of rotatable bonds is 10. The van der Waals surface area contributed by atoms with E-state index in [1.54, 1.807) is 0 Å². The first-order valence-corrected chi connectivity index (χ1v) is 9.52. The lowest BCUT2D eigenvalue weighted by molar-refractivity contribution is -0.136. The normalized spacial score (nSPS) is 20.1. The van der Waals surface area contributed by atoms with Gasteiger partial charge in [0.25, 0.3) is 12.9 Å². The summed E-state index contributed by atoms with van der Waals surface area (Å²) in [4.78, 5) is 21.5. The number of carbonyl (C=O) groups excluding carboxylic acids is 2. The summed E-state index contributed by atoms with van der Waals surface area (Å²) in [5.41, 5.74) is -0.289. The SMILES string of the molecule is CCCCC1(CCCC)CCC[Si](OC=O)(OC=O)O1. The van der Waals surface area contributed by atoms with Gasteiger partial charge in [0.05, 0.1) is 5.60 Å². The van der Waals surface area contributed by atoms with Gasteiger partial charge >= 0.3 is 8.80 Å². The highest BCUT2D eigenvalue weighted by atomic mass is 28.4. The largest absolute Gasteiger partial charge is 0.636 e. The third-order valence-corrected chi connectivity index (χ3v) is 6.54. The molecule has 0 unspecified atom stereocenters. The Labute approximate surface area is 122 Å². The smallest absolute Gasteiger partial charge is 0.467 e. The van der Waals surface area contributed by atoms with E-state index in [1.165, 1.54) is 0 Å². The van der Waals surface area contributed by atoms with Crippen LogP contribution in [0, 0.1) is 0 Å². The summed E-state index contributed by atoms with van der Waals surface area (Å²) in [6.07, 6.45) is 8.01. The fourth-order valence-corrected chi connectivity index (χ4v) is 5.23. The van der Waals surface area contributed by atoms with E-state index >= 15 is 0 Å². The van der Waals surface area contributed by atoms with Crippen LogP contribution >= 0.6 is 0 Å². The van der Waals surface area contributed by atoms with Crippen molar-refractivity contribution in [3.63, 3.8) is 0 Å². The lowest BCUT2D eigenvalue weighted by Crippen LogP contribution is -2.56. The van der Waals surface area contributed by atoms with Crippen LogP contribution in [0.15, 0.2) is 0 Å². The second-order valence-corrected chi connectivity index (χ2v) is 8.00. The van der Waals surface area contributed by atoms with Gasteiger partial charge in [0.1, 0.15) is 0 Å². The maximum atomic E-state index is 10.7. The molecule has 1 rings (SSSR count). The summed E-state index contributed by atoms with van der Waals surface area (Å²) < 4.78 is 16.4. The predicted octanol–water partition coefficient (Wildman–Crippen LogP) is 3.20. The Morgan fingerprint density at radius 1 is 1.10 bits per heavy atom. The zero-order valence-electron chi connectivity index (χ0n) is 12.6. The molecule has 0 spiro atoms. The Kier molecular flexibility index (Phi) is 7.22. The van der Waals surface area contributed by atoms with E-state index in [-0.39, 0.29) is 5.60 Å². The second kappa shape index (κ2) is 8.41. The Morgan fingerprint density at radius 3 is 2.10 bits per heavy atom. The van der Waals surface area contributed by atoms with Crippen molar-refractivity contribution in [1.82, 2.24) is 0 Å². The van der Waals surface area contributed by atoms with Gasteiger partial charge in [-0.3, -0.25) is 9.59 Å². The average Bonchev–Trinajstić information content (AvgIpc) is 2.44. The molecule has 1 fully saturated rings. The van der Waals surface area contributed by atoms with E-state index in [9.17, 15) is 9.59 Å². The Bertz CT molecular complexity index is 290. The summed E-state index contributed by atoms with van der Waals surface area (Å²) in [6, 6.07) is 0.532. The molecule has 0 aromatic carbocycles. The molecule has 6 heteroatoms. The Balaban J connectivity index is 2.85. The lowest BCUT2D eigenvalue weighted by atomic mass is 9.87. The molecule has 1 aliphatic rings. The van der Waals surface area contributed by atoms with Gasteiger partial charge in [0.2, 0.25) is 0 Å². The third-order valence-electron chi connectivity index (χ3n) is 3.91. The maximum absolute atomic E-state index is 10.7. The van der Waals surface area contributed by atoms with Crippen molar-refractivity contribution in [1.29, 1.82) is 0 Å². The molecule has 0 radical (unpaired) electrons. The fraction of sp³-hybridized carbons (Fsp3) is 0.857. The minimum atomic E-state index is -3.15. The number of unbranched alkanes of at least 4 members (excludes halogenated alkanes) is 2. The molecule has 1 saturated heterocycles. The topological polar surface area (TPSA) is 61.8 Å². The third kappa shape index (κ3) is 4.59. The maximum Gasteiger partial charge on any atom is 0.636 e. The summed E-state index contributed by atoms with van der Waals surface area (Å²) in [6.45, 7) is 4.99. The van der Waals surface area contributed by atoms with Gasteiger partial charge in [-0.2, -0.15) is 0 Å². The van der Waals surface area contributed by atoms with Crippen LogP contribution in [0.1, 0.15) is 65.2 Å². The van der Waals surface area contributed by atoms with E-state index in [2.05, 4.69) is 13.8 Å². The van der Waals surface area contributed by atoms with Crippen LogP contribution in [0.5, 0.6) is 0 Å². The highest BCUT2D eigenvalue weighted by Gasteiger charge is 2.54. The van der Waals surface area contributed by atoms with Crippen LogP contribution in [-0.4, -0.2) is 27.3 Å². The molecule has 20 heavy (non-hydrogen) atoms. The van der Waals surface area contributed by atoms with E-state index < -0.39 is 8.80 Å². The molecule has 1 aliphatic heterocycles. The van der Waals surface area contributed by atoms with Crippen LogP contribution in [0.3, 0.4) is 0 Å². The Morgan fingerprint density at radius 2 is 1.65 bits per heavy atom. The highest BCUT2D eigenvalue weighted by Crippen LogP contribution is 2.40. The summed E-state index contributed by atoms with van der Waals surface area (Å²) >= 11 is 0. The minimum absolute atomic E-state index is 0.289. The summed E-state index contributed by atoms with van der Waals surface area (Å²) in [7, 11) is -3.15. The molecule has 0 aromatic heterocycles. The molecule has 1 heterocycles. The summed E-state index contributed by atoms with van der Waals surface area (Å²) in [5.74, 6) is 0. The van der Waals surface area contributed by atoms with Gasteiger partial charge in [0, 0.05) is 6.04 Å². The number of carbonyl (C=O) groups is 2. The van der Waals surface area contributed by atoms with Gasteiger partial charge in [-0.15, -0.1) is 0 Å². The van der Waals surface area contributed by atoms with Crippen molar-refractivity contribution in [3.05, 3.63) is 0 Å². The van der Waals surface area contributed by atoms with E-state index in [0.717, 1.165) is 51.4 Å². The Hall–Kier alpha value is -0.883. The molecule has 0 aromatic rings. The van der Waals surface area contributed by atoms with Gasteiger partial charge in [-0.05, 0) is 25.7 Å². The van der Waals surface area contributed by atoms with Gasteiger partial charge in [-0.25, -0.2) is 0 Å². The molecule has 0 bridgehead atoms. The summed E-state index contributed by atoms with van der Waals surface area (Å²) in [5, 5.41) is 0. The van der Waals surface area contributed by atoms with Crippen molar-refractivity contribution in [2.24, 2.45) is 0 Å². The molecule has 116 valence electrons. The first-order chi connectivity index (χ1) is 9.66. The molecule has 0 amide bonds. The monoisotopic (exact) mass is 302 g/mol. The first-order valence-electron chi connectivity index (χ1n) is 7.59. The fourth-order valence-electron chi connectivity index (χ4n) is 2.87. The highest BCUT2D eigenvalue weighted by molar-refractivity contribution is 6.63. The molecule has 0 aliphatic carbocycles. The van der Waals surface area contributed by atoms with Gasteiger partial charge in [-0.1, -0.05) is 39.5 Å². The second-order valence-electron chi connectivity index (χ2n) is 5.46. The van der Waals surface area contributed by atoms with Gasteiger partial charge in [0.15, 0.2) is 0 Å². The van der Waals surface area contributed by atoms with Crippen molar-refractivity contribution in [2.75, 3.05) is 0 Å². The molecule has 0 N–H and O–H groups in total. The predicted molar refractivity (Wildman–Crippen MR) is 77.0 cm³/mol. The van der Waals surface area contributed by atoms with Crippen molar-refractivity contribution in [3.8, 4) is 0 Å². The van der Waals surface area contributed by atoms with Crippen LogP contribution in [0.2, 0.25) is 6.04 Å². The zero-order chi connectivity index (χ0) is 14.9. The van der Waals surface area contributed by atoms with Crippen LogP contribution in [0.25, 0.3) is 0 Å². The van der Waals surface area contributed by atoms with E-state index in [4.69, 9.17) is 13.3 Å². The lowest BCUT2D eigenvalue weighted by Gasteiger charge is -2.43. The van der Waals surface area contributed by atoms with Crippen molar-refractivity contribution in [2.45, 2.75) is 76.9 Å². The van der Waals surface area contributed by atoms with Gasteiger partial charge < -0.3 is 13.3 Å². The van der Waals surface area contributed by atoms with Crippen LogP contribution in [-0.2, 0) is 22.9 Å². The molecular weight excluding hydrogens is 276 g/mol. The van der Waals surface area contributed by atoms with E-state index in [1.807, 2.05) is 0 Å². The van der Waals surface area contributed by atoms with Crippen molar-refractivity contribution >= 4 is 21.7 Å². The molecular formula is C14H26O5Si. The zero-order valence-corrected chi connectivity index (χ0v) is 13.6. The van der Waals surface area contributed by atoms with Crippen LogP contribution < -0.4 is 0 Å². The van der Waals surface area contributed by atoms with Crippen LogP contribution in [0.4, 0.5) is 0 Å². The quantitative estimate of drug-likeness (QED) is 0.458. The minimum Gasteiger partial charge on any atom is -0.467 e. The number of hydrogen-bond acceptors (Lipinski definition) is 5. The molecule has 0 atom stereocenters. The van der Waals surface area contributed by atoms with E-state index in [0.29, 0.717) is 19.0 Å². The average molecular weight is 302 g/mol. The molecule has 5 nitrogen and oxygen atoms in total. The van der Waals surface area contributed by atoms with Crippen molar-refractivity contribution < 1.29 is 22.9 Å².